The fraction of sp³-hybridized carbons (Fsp3) is 0. The van der Waals surface area contributed by atoms with Crippen LogP contribution in [0.4, 0.5) is 16.2 Å². The van der Waals surface area contributed by atoms with Crippen LogP contribution in [0.3, 0.4) is 0 Å². The molecule has 0 saturated heterocycles. The van der Waals surface area contributed by atoms with E-state index in [2.05, 4.69) is 16.9 Å². The van der Waals surface area contributed by atoms with Gasteiger partial charge in [0.25, 0.3) is 5.69 Å². The summed E-state index contributed by atoms with van der Waals surface area (Å²) in [5.74, 6) is 0. The summed E-state index contributed by atoms with van der Waals surface area (Å²) < 4.78 is 0. The van der Waals surface area contributed by atoms with Gasteiger partial charge in [-0.25, -0.2) is 4.79 Å². The molecular formula is C8H5N3O3. The number of nitrogens with zero attached hydrogens (tertiary/aromatic N) is 2. The smallest absolute Gasteiger partial charge is 0.304 e. The number of rotatable bonds is 1. The zero-order valence-electron chi connectivity index (χ0n) is 6.98. The fourth-order valence-corrected chi connectivity index (χ4v) is 1.24. The molecule has 1 aliphatic heterocycles. The Labute approximate surface area is 77.7 Å². The van der Waals surface area contributed by atoms with E-state index in [1.807, 2.05) is 0 Å². The topological polar surface area (TPSA) is 84.6 Å². The summed E-state index contributed by atoms with van der Waals surface area (Å²) in [5, 5.41) is 13.5. The zero-order chi connectivity index (χ0) is 10.3. The lowest BCUT2D eigenvalue weighted by atomic mass is 10.2. The van der Waals surface area contributed by atoms with Crippen LogP contribution in [0, 0.1) is 10.1 Å². The molecule has 0 aromatic heterocycles. The first-order valence-electron chi connectivity index (χ1n) is 3.75. The van der Waals surface area contributed by atoms with Crippen molar-refractivity contribution in [1.29, 1.82) is 0 Å². The number of nitro groups is 1. The molecule has 0 bridgehead atoms. The molecule has 1 heterocycles. The highest BCUT2D eigenvalue weighted by Crippen LogP contribution is 2.07. The van der Waals surface area contributed by atoms with Gasteiger partial charge in [0.2, 0.25) is 0 Å². The summed E-state index contributed by atoms with van der Waals surface area (Å²) in [4.78, 5) is 24.3. The first-order chi connectivity index (χ1) is 6.58. The number of benzene rings is 1. The van der Waals surface area contributed by atoms with Crippen LogP contribution in [0.2, 0.25) is 0 Å². The zero-order valence-corrected chi connectivity index (χ0v) is 6.98. The number of amides is 2. The molecule has 0 atom stereocenters. The van der Waals surface area contributed by atoms with E-state index in [1.54, 1.807) is 0 Å². The number of nitrogens with one attached hydrogen (secondary N) is 1. The van der Waals surface area contributed by atoms with E-state index in [4.69, 9.17) is 0 Å². The summed E-state index contributed by atoms with van der Waals surface area (Å²) in [5.41, 5.74) is 0.328. The SMILES string of the molecule is C=c1cc2c(cc1[N+](=O)[O-])=NC(=O)N2. The Balaban J connectivity index is 2.75. The van der Waals surface area contributed by atoms with Crippen molar-refractivity contribution in [3.63, 3.8) is 0 Å². The van der Waals surface area contributed by atoms with Crippen molar-refractivity contribution in [1.82, 2.24) is 0 Å². The van der Waals surface area contributed by atoms with Crippen LogP contribution in [0.1, 0.15) is 0 Å². The molecule has 0 unspecified atom stereocenters. The summed E-state index contributed by atoms with van der Waals surface area (Å²) >= 11 is 0. The average molecular weight is 191 g/mol. The fourth-order valence-electron chi connectivity index (χ4n) is 1.24. The van der Waals surface area contributed by atoms with Gasteiger partial charge in [-0.15, -0.1) is 0 Å². The van der Waals surface area contributed by atoms with Gasteiger partial charge in [0.1, 0.15) is 0 Å². The number of nitro benzene ring substituents is 1. The predicted molar refractivity (Wildman–Crippen MR) is 48.4 cm³/mol. The van der Waals surface area contributed by atoms with Crippen LogP contribution in [-0.2, 0) is 0 Å². The van der Waals surface area contributed by atoms with Crippen molar-refractivity contribution in [2.24, 2.45) is 4.99 Å². The molecule has 6 nitrogen and oxygen atoms in total. The third-order valence-electron chi connectivity index (χ3n) is 1.86. The molecule has 0 spiro atoms. The maximum atomic E-state index is 10.8. The molecule has 70 valence electrons. The molecule has 0 aliphatic carbocycles. The molecule has 2 amide bonds. The van der Waals surface area contributed by atoms with E-state index in [1.165, 1.54) is 12.1 Å². The number of fused-ring (bicyclic) bond motifs is 1. The molecule has 1 aromatic rings. The first kappa shape index (κ1) is 8.36. The monoisotopic (exact) mass is 191 g/mol. The number of hydrogen-bond acceptors (Lipinski definition) is 3. The minimum atomic E-state index is -0.555. The van der Waals surface area contributed by atoms with Gasteiger partial charge in [-0.05, 0) is 6.07 Å². The average Bonchev–Trinajstić information content (AvgIpc) is 2.42. The summed E-state index contributed by atoms with van der Waals surface area (Å²) in [7, 11) is 0. The van der Waals surface area contributed by atoms with Crippen LogP contribution in [0.25, 0.3) is 6.58 Å². The maximum absolute atomic E-state index is 10.8. The molecule has 0 fully saturated rings. The summed E-state index contributed by atoms with van der Waals surface area (Å²) in [6.45, 7) is 3.51. The van der Waals surface area contributed by atoms with Crippen LogP contribution in [-0.4, -0.2) is 11.0 Å². The van der Waals surface area contributed by atoms with Crippen LogP contribution >= 0.6 is 0 Å². The number of hydrogen-bond donors (Lipinski definition) is 1. The molecule has 1 N–H and O–H groups in total. The molecular weight excluding hydrogens is 186 g/mol. The second kappa shape index (κ2) is 2.63. The lowest BCUT2D eigenvalue weighted by Gasteiger charge is -1.94. The van der Waals surface area contributed by atoms with Gasteiger partial charge in [-0.3, -0.25) is 10.1 Å². The lowest BCUT2D eigenvalue weighted by Crippen LogP contribution is -2.14. The summed E-state index contributed by atoms with van der Waals surface area (Å²) in [6, 6.07) is 2.15. The molecule has 1 aromatic carbocycles. The Bertz CT molecular complexity index is 550. The van der Waals surface area contributed by atoms with Gasteiger partial charge in [0.15, 0.2) is 0 Å². The van der Waals surface area contributed by atoms with Gasteiger partial charge >= 0.3 is 6.03 Å². The van der Waals surface area contributed by atoms with Gasteiger partial charge in [-0.1, -0.05) is 6.58 Å². The summed E-state index contributed by atoms with van der Waals surface area (Å²) in [6.07, 6.45) is 0. The van der Waals surface area contributed by atoms with Gasteiger partial charge in [0, 0.05) is 11.3 Å². The van der Waals surface area contributed by atoms with E-state index in [0.717, 1.165) is 0 Å². The molecule has 1 aliphatic rings. The number of carbonyl (C=O) groups is 1. The van der Waals surface area contributed by atoms with Crippen molar-refractivity contribution in [2.75, 3.05) is 5.32 Å². The Morgan fingerprint density at radius 2 is 2.21 bits per heavy atom. The Hall–Kier alpha value is -2.24. The van der Waals surface area contributed by atoms with Crippen LogP contribution in [0.5, 0.6) is 0 Å². The highest BCUT2D eigenvalue weighted by Gasteiger charge is 2.16. The van der Waals surface area contributed by atoms with E-state index >= 15 is 0 Å². The normalized spacial score (nSPS) is 13.0. The van der Waals surface area contributed by atoms with E-state index in [0.29, 0.717) is 5.69 Å². The van der Waals surface area contributed by atoms with Crippen molar-refractivity contribution in [3.8, 4) is 0 Å². The van der Waals surface area contributed by atoms with Crippen molar-refractivity contribution >= 4 is 24.0 Å². The third-order valence-corrected chi connectivity index (χ3v) is 1.86. The number of non-ortho nitro benzene ring substituents is 1. The number of carbonyl (C=O) groups excluding carboxylic acids is 1. The molecule has 2 rings (SSSR count). The quantitative estimate of drug-likeness (QED) is 0.507. The number of anilines is 1. The van der Waals surface area contributed by atoms with Crippen LogP contribution < -0.4 is 15.9 Å². The molecule has 0 saturated carbocycles. The van der Waals surface area contributed by atoms with E-state index in [-0.39, 0.29) is 16.3 Å². The van der Waals surface area contributed by atoms with Gasteiger partial charge in [-0.2, -0.15) is 4.99 Å². The van der Waals surface area contributed by atoms with Crippen molar-refractivity contribution < 1.29 is 9.72 Å². The van der Waals surface area contributed by atoms with Gasteiger partial charge < -0.3 is 5.32 Å². The Morgan fingerprint density at radius 1 is 1.50 bits per heavy atom. The maximum Gasteiger partial charge on any atom is 0.346 e. The highest BCUT2D eigenvalue weighted by atomic mass is 16.6. The molecule has 6 heteroatoms. The third kappa shape index (κ3) is 1.13. The minimum Gasteiger partial charge on any atom is -0.304 e. The highest BCUT2D eigenvalue weighted by molar-refractivity contribution is 5.93. The predicted octanol–water partition coefficient (Wildman–Crippen LogP) is 0.170. The van der Waals surface area contributed by atoms with Crippen LogP contribution in [0.15, 0.2) is 17.1 Å². The standard InChI is InChI=1S/C8H5N3O3/c1-4-2-5-6(10-8(12)9-5)3-7(4)11(13)14/h2-3H,1H2,(H,9,12). The Morgan fingerprint density at radius 3 is 2.86 bits per heavy atom. The second-order valence-electron chi connectivity index (χ2n) is 2.80. The minimum absolute atomic E-state index is 0.135. The largest absolute Gasteiger partial charge is 0.346 e. The van der Waals surface area contributed by atoms with Gasteiger partial charge in [0.05, 0.1) is 16.0 Å². The van der Waals surface area contributed by atoms with Crippen molar-refractivity contribution in [2.45, 2.75) is 0 Å². The van der Waals surface area contributed by atoms with E-state index in [9.17, 15) is 14.9 Å². The van der Waals surface area contributed by atoms with E-state index < -0.39 is 11.0 Å². The molecule has 14 heavy (non-hydrogen) atoms. The first-order valence-corrected chi connectivity index (χ1v) is 3.75. The van der Waals surface area contributed by atoms with Crippen molar-refractivity contribution in [3.05, 3.63) is 32.8 Å². The Kier molecular flexibility index (Phi) is 1.57. The lowest BCUT2D eigenvalue weighted by molar-refractivity contribution is -0.385. The molecule has 0 radical (unpaired) electrons. The number of urea groups is 1. The second-order valence-corrected chi connectivity index (χ2v) is 2.80.